The van der Waals surface area contributed by atoms with Crippen molar-refractivity contribution in [2.45, 2.75) is 20.4 Å². The van der Waals surface area contributed by atoms with Crippen molar-refractivity contribution in [3.8, 4) is 6.07 Å². The summed E-state index contributed by atoms with van der Waals surface area (Å²) in [6.45, 7) is 3.93. The van der Waals surface area contributed by atoms with Crippen molar-refractivity contribution in [1.82, 2.24) is 14.3 Å². The minimum Gasteiger partial charge on any atom is -0.306 e. The van der Waals surface area contributed by atoms with Crippen molar-refractivity contribution in [1.29, 1.82) is 5.26 Å². The van der Waals surface area contributed by atoms with Gasteiger partial charge < -0.3 is 4.57 Å². The van der Waals surface area contributed by atoms with Crippen molar-refractivity contribution < 1.29 is 0 Å². The van der Waals surface area contributed by atoms with Gasteiger partial charge in [0.15, 0.2) is 0 Å². The van der Waals surface area contributed by atoms with Crippen LogP contribution in [0.15, 0.2) is 16.9 Å². The molecule has 0 atom stereocenters. The summed E-state index contributed by atoms with van der Waals surface area (Å²) in [6.07, 6.45) is 0. The standard InChI is InChI=1S/C13H13ClN4O/c1-8-4-5-10(6-15)13(19)18(8)7-11-12(14)9(2)16-17(11)3/h4-5H,7H2,1-3H3. The summed E-state index contributed by atoms with van der Waals surface area (Å²) in [5.74, 6) is 0. The number of nitrogens with zero attached hydrogens (tertiary/aromatic N) is 4. The lowest BCUT2D eigenvalue weighted by atomic mass is 10.2. The first-order chi connectivity index (χ1) is 8.95. The van der Waals surface area contributed by atoms with E-state index in [0.717, 1.165) is 17.1 Å². The molecule has 0 aromatic carbocycles. The van der Waals surface area contributed by atoms with Gasteiger partial charge in [0.25, 0.3) is 5.56 Å². The highest BCUT2D eigenvalue weighted by Gasteiger charge is 2.14. The van der Waals surface area contributed by atoms with E-state index in [1.807, 2.05) is 19.9 Å². The van der Waals surface area contributed by atoms with Crippen molar-refractivity contribution in [2.24, 2.45) is 7.05 Å². The van der Waals surface area contributed by atoms with Crippen molar-refractivity contribution >= 4 is 11.6 Å². The molecule has 19 heavy (non-hydrogen) atoms. The number of pyridine rings is 1. The summed E-state index contributed by atoms with van der Waals surface area (Å²) < 4.78 is 3.18. The molecule has 0 aliphatic heterocycles. The highest BCUT2D eigenvalue weighted by molar-refractivity contribution is 6.31. The van der Waals surface area contributed by atoms with E-state index >= 15 is 0 Å². The van der Waals surface area contributed by atoms with Crippen LogP contribution in [-0.2, 0) is 13.6 Å². The van der Waals surface area contributed by atoms with E-state index in [2.05, 4.69) is 5.10 Å². The van der Waals surface area contributed by atoms with Gasteiger partial charge in [0.2, 0.25) is 0 Å². The molecule has 2 heterocycles. The number of halogens is 1. The van der Waals surface area contributed by atoms with Gasteiger partial charge in [-0.3, -0.25) is 9.48 Å². The summed E-state index contributed by atoms with van der Waals surface area (Å²) in [7, 11) is 1.78. The average Bonchev–Trinajstić information content (AvgIpc) is 2.60. The first kappa shape index (κ1) is 13.4. The minimum absolute atomic E-state index is 0.126. The maximum atomic E-state index is 12.1. The van der Waals surface area contributed by atoms with Gasteiger partial charge in [-0.15, -0.1) is 0 Å². The van der Waals surface area contributed by atoms with E-state index in [1.54, 1.807) is 17.8 Å². The Balaban J connectivity index is 2.56. The molecule has 0 bridgehead atoms. The molecule has 0 spiro atoms. The van der Waals surface area contributed by atoms with E-state index in [0.29, 0.717) is 11.6 Å². The van der Waals surface area contributed by atoms with Crippen LogP contribution in [0.5, 0.6) is 0 Å². The van der Waals surface area contributed by atoms with Gasteiger partial charge in [-0.2, -0.15) is 10.4 Å². The number of aromatic nitrogens is 3. The van der Waals surface area contributed by atoms with Gasteiger partial charge in [-0.1, -0.05) is 11.6 Å². The fourth-order valence-electron chi connectivity index (χ4n) is 1.95. The SMILES string of the molecule is Cc1nn(C)c(Cn2c(C)ccc(C#N)c2=O)c1Cl. The number of rotatable bonds is 2. The zero-order valence-electron chi connectivity index (χ0n) is 10.9. The quantitative estimate of drug-likeness (QED) is 0.840. The highest BCUT2D eigenvalue weighted by Crippen LogP contribution is 2.20. The Morgan fingerprint density at radius 3 is 2.63 bits per heavy atom. The first-order valence-electron chi connectivity index (χ1n) is 5.74. The molecule has 0 saturated carbocycles. The Morgan fingerprint density at radius 1 is 1.42 bits per heavy atom. The van der Waals surface area contributed by atoms with Gasteiger partial charge in [0, 0.05) is 12.7 Å². The molecule has 0 N–H and O–H groups in total. The molecule has 2 aromatic rings. The van der Waals surface area contributed by atoms with E-state index < -0.39 is 0 Å². The van der Waals surface area contributed by atoms with Crippen LogP contribution in [0.3, 0.4) is 0 Å². The minimum atomic E-state index is -0.308. The second-order valence-electron chi connectivity index (χ2n) is 4.36. The van der Waals surface area contributed by atoms with E-state index in [9.17, 15) is 4.79 Å². The fourth-order valence-corrected chi connectivity index (χ4v) is 2.17. The molecule has 0 aliphatic rings. The van der Waals surface area contributed by atoms with Crippen LogP contribution in [0.1, 0.15) is 22.6 Å². The zero-order valence-corrected chi connectivity index (χ0v) is 11.7. The third kappa shape index (κ3) is 2.27. The molecule has 0 radical (unpaired) electrons. The molecule has 6 heteroatoms. The fraction of sp³-hybridized carbons (Fsp3) is 0.308. The average molecular weight is 277 g/mol. The largest absolute Gasteiger partial charge is 0.306 e. The van der Waals surface area contributed by atoms with Crippen LogP contribution in [-0.4, -0.2) is 14.3 Å². The molecule has 0 aliphatic carbocycles. The summed E-state index contributed by atoms with van der Waals surface area (Å²) in [5, 5.41) is 13.7. The molecule has 98 valence electrons. The second kappa shape index (κ2) is 4.90. The summed E-state index contributed by atoms with van der Waals surface area (Å²) in [4.78, 5) is 12.1. The van der Waals surface area contributed by atoms with Crippen molar-refractivity contribution in [3.63, 3.8) is 0 Å². The molecular weight excluding hydrogens is 264 g/mol. The molecule has 0 saturated heterocycles. The lowest BCUT2D eigenvalue weighted by Gasteiger charge is -2.10. The summed E-state index contributed by atoms with van der Waals surface area (Å²) in [6, 6.07) is 5.17. The van der Waals surface area contributed by atoms with E-state index in [-0.39, 0.29) is 11.1 Å². The Hall–Kier alpha value is -2.06. The Bertz CT molecular complexity index is 736. The lowest BCUT2D eigenvalue weighted by Crippen LogP contribution is -2.25. The van der Waals surface area contributed by atoms with Gasteiger partial charge in [-0.25, -0.2) is 0 Å². The molecule has 2 rings (SSSR count). The molecule has 0 fully saturated rings. The predicted molar refractivity (Wildman–Crippen MR) is 72.2 cm³/mol. The van der Waals surface area contributed by atoms with Gasteiger partial charge in [0.05, 0.1) is 23.0 Å². The number of hydrogen-bond donors (Lipinski definition) is 0. The number of nitriles is 1. The van der Waals surface area contributed by atoms with Crippen LogP contribution in [0.4, 0.5) is 0 Å². The Kier molecular flexibility index (Phi) is 3.45. The second-order valence-corrected chi connectivity index (χ2v) is 4.74. The van der Waals surface area contributed by atoms with Crippen molar-refractivity contribution in [3.05, 3.63) is 50.2 Å². The Labute approximate surface area is 115 Å². The van der Waals surface area contributed by atoms with Gasteiger partial charge in [0.1, 0.15) is 11.6 Å². The molecule has 0 amide bonds. The number of hydrogen-bond acceptors (Lipinski definition) is 3. The maximum absolute atomic E-state index is 12.1. The van der Waals surface area contributed by atoms with Gasteiger partial charge in [-0.05, 0) is 26.0 Å². The normalized spacial score (nSPS) is 10.5. The molecule has 2 aromatic heterocycles. The third-order valence-electron chi connectivity index (χ3n) is 3.08. The molecule has 5 nitrogen and oxygen atoms in total. The third-order valence-corrected chi connectivity index (χ3v) is 3.57. The lowest BCUT2D eigenvalue weighted by molar-refractivity contribution is 0.640. The highest BCUT2D eigenvalue weighted by atomic mass is 35.5. The Morgan fingerprint density at radius 2 is 2.11 bits per heavy atom. The first-order valence-corrected chi connectivity index (χ1v) is 6.12. The predicted octanol–water partition coefficient (Wildman–Crippen LogP) is 1.77. The topological polar surface area (TPSA) is 63.6 Å². The van der Waals surface area contributed by atoms with Crippen LogP contribution in [0, 0.1) is 25.2 Å². The van der Waals surface area contributed by atoms with E-state index in [1.165, 1.54) is 10.6 Å². The van der Waals surface area contributed by atoms with Crippen LogP contribution >= 0.6 is 11.6 Å². The monoisotopic (exact) mass is 276 g/mol. The smallest absolute Gasteiger partial charge is 0.269 e. The number of aryl methyl sites for hydroxylation is 3. The van der Waals surface area contributed by atoms with Gasteiger partial charge >= 0.3 is 0 Å². The van der Waals surface area contributed by atoms with Crippen LogP contribution in [0.25, 0.3) is 0 Å². The summed E-state index contributed by atoms with van der Waals surface area (Å²) in [5.41, 5.74) is 2.07. The van der Waals surface area contributed by atoms with Crippen LogP contribution in [0.2, 0.25) is 5.02 Å². The summed E-state index contributed by atoms with van der Waals surface area (Å²) >= 11 is 6.18. The molecular formula is C13H13ClN4O. The maximum Gasteiger partial charge on any atom is 0.269 e. The molecule has 0 unspecified atom stereocenters. The van der Waals surface area contributed by atoms with E-state index in [4.69, 9.17) is 16.9 Å². The zero-order chi connectivity index (χ0) is 14.2. The van der Waals surface area contributed by atoms with Crippen molar-refractivity contribution in [2.75, 3.05) is 0 Å². The van der Waals surface area contributed by atoms with Crippen LogP contribution < -0.4 is 5.56 Å².